The van der Waals surface area contributed by atoms with E-state index in [0.717, 1.165) is 12.8 Å². The van der Waals surface area contributed by atoms with Crippen molar-refractivity contribution < 1.29 is 13.2 Å². The summed E-state index contributed by atoms with van der Waals surface area (Å²) in [5.74, 6) is 0.0427. The van der Waals surface area contributed by atoms with Crippen molar-refractivity contribution in [2.45, 2.75) is 24.2 Å². The van der Waals surface area contributed by atoms with Gasteiger partial charge in [-0.25, -0.2) is 8.42 Å². The molecule has 0 aliphatic carbocycles. The van der Waals surface area contributed by atoms with Gasteiger partial charge in [-0.15, -0.1) is 0 Å². The molecule has 0 saturated carbocycles. The first-order chi connectivity index (χ1) is 12.0. The Kier molecular flexibility index (Phi) is 4.72. The van der Waals surface area contributed by atoms with Crippen molar-refractivity contribution in [2.75, 3.05) is 16.2 Å². The van der Waals surface area contributed by atoms with Gasteiger partial charge in [-0.1, -0.05) is 18.2 Å². The molecule has 0 spiro atoms. The van der Waals surface area contributed by atoms with Crippen molar-refractivity contribution in [3.8, 4) is 6.07 Å². The third-order valence-corrected chi connectivity index (χ3v) is 5.47. The molecular formula is C18H17N3O3S. The third-order valence-electron chi connectivity index (χ3n) is 4.03. The first-order valence-electron chi connectivity index (χ1n) is 7.94. The lowest BCUT2D eigenvalue weighted by Crippen LogP contribution is -2.35. The average Bonchev–Trinajstić information content (AvgIpc) is 2.62. The Morgan fingerprint density at radius 2 is 1.88 bits per heavy atom. The van der Waals surface area contributed by atoms with Crippen molar-refractivity contribution in [2.24, 2.45) is 0 Å². The second-order valence-corrected chi connectivity index (χ2v) is 7.42. The Morgan fingerprint density at radius 1 is 1.08 bits per heavy atom. The fourth-order valence-electron chi connectivity index (χ4n) is 2.82. The molecule has 0 aromatic heterocycles. The van der Waals surface area contributed by atoms with Crippen LogP contribution in [0.1, 0.15) is 24.8 Å². The molecule has 7 heteroatoms. The van der Waals surface area contributed by atoms with Crippen LogP contribution in [0.4, 0.5) is 11.4 Å². The van der Waals surface area contributed by atoms with Crippen LogP contribution in [0.5, 0.6) is 0 Å². The number of carbonyl (C=O) groups is 1. The second-order valence-electron chi connectivity index (χ2n) is 5.77. The molecule has 25 heavy (non-hydrogen) atoms. The van der Waals surface area contributed by atoms with E-state index in [2.05, 4.69) is 4.72 Å². The molecule has 6 nitrogen and oxygen atoms in total. The van der Waals surface area contributed by atoms with Crippen LogP contribution in [0, 0.1) is 11.3 Å². The number of nitrogens with zero attached hydrogens (tertiary/aromatic N) is 2. The van der Waals surface area contributed by atoms with Crippen LogP contribution in [0.2, 0.25) is 0 Å². The number of sulfonamides is 1. The molecule has 0 unspecified atom stereocenters. The Labute approximate surface area is 146 Å². The minimum atomic E-state index is -3.89. The number of hydrogen-bond acceptors (Lipinski definition) is 4. The molecular weight excluding hydrogens is 338 g/mol. The Bertz CT molecular complexity index is 948. The summed E-state index contributed by atoms with van der Waals surface area (Å²) < 4.78 is 27.7. The predicted molar refractivity (Wildman–Crippen MR) is 94.6 cm³/mol. The SMILES string of the molecule is N#Cc1ccccc1S(=O)(=O)Nc1cccc(N2CCCCC2=O)c1. The highest BCUT2D eigenvalue weighted by atomic mass is 32.2. The van der Waals surface area contributed by atoms with E-state index in [9.17, 15) is 13.2 Å². The molecule has 1 aliphatic rings. The number of benzene rings is 2. The Morgan fingerprint density at radius 3 is 2.64 bits per heavy atom. The van der Waals surface area contributed by atoms with Crippen molar-refractivity contribution in [3.63, 3.8) is 0 Å². The summed E-state index contributed by atoms with van der Waals surface area (Å²) in [6, 6.07) is 14.6. The number of rotatable bonds is 4. The van der Waals surface area contributed by atoms with Gasteiger partial charge >= 0.3 is 0 Å². The largest absolute Gasteiger partial charge is 0.312 e. The zero-order chi connectivity index (χ0) is 17.9. The molecule has 1 N–H and O–H groups in total. The van der Waals surface area contributed by atoms with Crippen LogP contribution >= 0.6 is 0 Å². The summed E-state index contributed by atoms with van der Waals surface area (Å²) in [4.78, 5) is 13.6. The minimum absolute atomic E-state index is 0.0427. The molecule has 0 atom stereocenters. The van der Waals surface area contributed by atoms with Gasteiger partial charge in [-0.3, -0.25) is 9.52 Å². The molecule has 3 rings (SSSR count). The Hall–Kier alpha value is -2.85. The van der Waals surface area contributed by atoms with E-state index in [1.807, 2.05) is 6.07 Å². The van der Waals surface area contributed by atoms with Crippen LogP contribution in [-0.2, 0) is 14.8 Å². The molecule has 1 heterocycles. The molecule has 1 amide bonds. The monoisotopic (exact) mass is 355 g/mol. The van der Waals surface area contributed by atoms with Gasteiger partial charge in [0.05, 0.1) is 11.3 Å². The van der Waals surface area contributed by atoms with Gasteiger partial charge in [-0.2, -0.15) is 5.26 Å². The lowest BCUT2D eigenvalue weighted by atomic mass is 10.1. The van der Waals surface area contributed by atoms with Crippen LogP contribution in [0.15, 0.2) is 53.4 Å². The summed E-state index contributed by atoms with van der Waals surface area (Å²) >= 11 is 0. The van der Waals surface area contributed by atoms with Gasteiger partial charge in [0.25, 0.3) is 10.0 Å². The topological polar surface area (TPSA) is 90.3 Å². The summed E-state index contributed by atoms with van der Waals surface area (Å²) in [5, 5.41) is 9.10. The van der Waals surface area contributed by atoms with Crippen LogP contribution in [0.3, 0.4) is 0 Å². The van der Waals surface area contributed by atoms with E-state index in [1.54, 1.807) is 41.3 Å². The first-order valence-corrected chi connectivity index (χ1v) is 9.42. The third kappa shape index (κ3) is 3.64. The molecule has 0 radical (unpaired) electrons. The van der Waals surface area contributed by atoms with Crippen molar-refractivity contribution in [1.29, 1.82) is 5.26 Å². The molecule has 1 fully saturated rings. The summed E-state index contributed by atoms with van der Waals surface area (Å²) in [7, 11) is -3.89. The van der Waals surface area contributed by atoms with E-state index >= 15 is 0 Å². The van der Waals surface area contributed by atoms with Gasteiger partial charge in [0.1, 0.15) is 11.0 Å². The Balaban J connectivity index is 1.89. The zero-order valence-corrected chi connectivity index (χ0v) is 14.3. The van der Waals surface area contributed by atoms with Crippen LogP contribution in [0.25, 0.3) is 0 Å². The van der Waals surface area contributed by atoms with E-state index in [4.69, 9.17) is 5.26 Å². The quantitative estimate of drug-likeness (QED) is 0.913. The van der Waals surface area contributed by atoms with Gasteiger partial charge in [0.15, 0.2) is 0 Å². The zero-order valence-electron chi connectivity index (χ0n) is 13.5. The first kappa shape index (κ1) is 17.0. The summed E-state index contributed by atoms with van der Waals surface area (Å²) in [6.07, 6.45) is 2.31. The molecule has 0 bridgehead atoms. The number of amides is 1. The van der Waals surface area contributed by atoms with Crippen molar-refractivity contribution in [1.82, 2.24) is 0 Å². The normalized spacial score (nSPS) is 14.8. The number of piperidine rings is 1. The van der Waals surface area contributed by atoms with Crippen LogP contribution in [-0.4, -0.2) is 20.9 Å². The lowest BCUT2D eigenvalue weighted by molar-refractivity contribution is -0.119. The maximum Gasteiger partial charge on any atom is 0.263 e. The smallest absolute Gasteiger partial charge is 0.263 e. The van der Waals surface area contributed by atoms with E-state index in [0.29, 0.717) is 24.3 Å². The highest BCUT2D eigenvalue weighted by Gasteiger charge is 2.21. The molecule has 2 aromatic carbocycles. The number of nitrogens with one attached hydrogen (secondary N) is 1. The maximum atomic E-state index is 12.6. The number of nitriles is 1. The number of hydrogen-bond donors (Lipinski definition) is 1. The lowest BCUT2D eigenvalue weighted by Gasteiger charge is -2.27. The predicted octanol–water partition coefficient (Wildman–Crippen LogP) is 2.88. The molecule has 1 saturated heterocycles. The minimum Gasteiger partial charge on any atom is -0.312 e. The van der Waals surface area contributed by atoms with E-state index < -0.39 is 10.0 Å². The molecule has 2 aromatic rings. The van der Waals surface area contributed by atoms with Crippen LogP contribution < -0.4 is 9.62 Å². The highest BCUT2D eigenvalue weighted by Crippen LogP contribution is 2.26. The van der Waals surface area contributed by atoms with Gasteiger partial charge < -0.3 is 4.90 Å². The second kappa shape index (κ2) is 6.95. The maximum absolute atomic E-state index is 12.6. The van der Waals surface area contributed by atoms with E-state index in [1.165, 1.54) is 12.1 Å². The molecule has 1 aliphatic heterocycles. The average molecular weight is 355 g/mol. The fourth-order valence-corrected chi connectivity index (χ4v) is 4.03. The van der Waals surface area contributed by atoms with Crippen molar-refractivity contribution >= 4 is 27.3 Å². The molecule has 128 valence electrons. The highest BCUT2D eigenvalue weighted by molar-refractivity contribution is 7.92. The van der Waals surface area contributed by atoms with Gasteiger partial charge in [0.2, 0.25) is 5.91 Å². The number of carbonyl (C=O) groups excluding carboxylic acids is 1. The van der Waals surface area contributed by atoms with Crippen molar-refractivity contribution in [3.05, 3.63) is 54.1 Å². The van der Waals surface area contributed by atoms with Gasteiger partial charge in [-0.05, 0) is 43.2 Å². The fraction of sp³-hybridized carbons (Fsp3) is 0.222. The van der Waals surface area contributed by atoms with Gasteiger partial charge in [0, 0.05) is 18.7 Å². The summed E-state index contributed by atoms with van der Waals surface area (Å²) in [6.45, 7) is 0.631. The summed E-state index contributed by atoms with van der Waals surface area (Å²) in [5.41, 5.74) is 1.10. The number of anilines is 2. The standard InChI is InChI=1S/C18H17N3O3S/c19-13-14-6-1-2-9-17(14)25(23,24)20-15-7-5-8-16(12-15)21-11-4-3-10-18(21)22/h1-2,5-9,12,20H,3-4,10-11H2. The van der Waals surface area contributed by atoms with E-state index in [-0.39, 0.29) is 16.4 Å².